The highest BCUT2D eigenvalue weighted by Gasteiger charge is 2.30. The Balaban J connectivity index is 2.47. The van der Waals surface area contributed by atoms with Crippen molar-refractivity contribution in [2.45, 2.75) is 6.18 Å². The standard InChI is InChI=1S/C12H8F3NO/c13-12(14,15)10-3-1-2-8(6-10)9-4-5-11(17)16-7-9/h1-7H,(H,16,17). The largest absolute Gasteiger partial charge is 0.416 e. The van der Waals surface area contributed by atoms with Crippen LogP contribution in [0, 0.1) is 0 Å². The van der Waals surface area contributed by atoms with Crippen LogP contribution in [0.2, 0.25) is 0 Å². The molecule has 0 aliphatic heterocycles. The summed E-state index contributed by atoms with van der Waals surface area (Å²) in [5.41, 5.74) is -0.0475. The van der Waals surface area contributed by atoms with Crippen molar-refractivity contribution in [2.24, 2.45) is 0 Å². The fourth-order valence-corrected chi connectivity index (χ4v) is 1.47. The minimum atomic E-state index is -4.36. The van der Waals surface area contributed by atoms with Crippen LogP contribution in [-0.2, 0) is 6.18 Å². The van der Waals surface area contributed by atoms with E-state index in [1.54, 1.807) is 6.07 Å². The number of pyridine rings is 1. The number of hydrogen-bond acceptors (Lipinski definition) is 1. The molecule has 2 rings (SSSR count). The molecule has 1 heterocycles. The van der Waals surface area contributed by atoms with E-state index < -0.39 is 11.7 Å². The van der Waals surface area contributed by atoms with Gasteiger partial charge in [-0.3, -0.25) is 4.79 Å². The Morgan fingerprint density at radius 1 is 1.00 bits per heavy atom. The monoisotopic (exact) mass is 239 g/mol. The molecule has 0 saturated heterocycles. The number of rotatable bonds is 1. The molecule has 0 unspecified atom stereocenters. The lowest BCUT2D eigenvalue weighted by atomic mass is 10.0. The molecule has 0 aliphatic rings. The Labute approximate surface area is 94.7 Å². The normalized spacial score (nSPS) is 11.5. The molecule has 0 amide bonds. The average Bonchev–Trinajstić information content (AvgIpc) is 2.29. The predicted octanol–water partition coefficient (Wildman–Crippen LogP) is 3.06. The molecule has 0 radical (unpaired) electrons. The number of nitrogens with one attached hydrogen (secondary N) is 1. The van der Waals surface area contributed by atoms with E-state index in [-0.39, 0.29) is 5.56 Å². The first kappa shape index (κ1) is 11.4. The maximum absolute atomic E-state index is 12.5. The van der Waals surface area contributed by atoms with Gasteiger partial charge in [0.15, 0.2) is 0 Å². The predicted molar refractivity (Wildman–Crippen MR) is 57.5 cm³/mol. The van der Waals surface area contributed by atoms with Crippen molar-refractivity contribution in [1.29, 1.82) is 0 Å². The van der Waals surface area contributed by atoms with Crippen LogP contribution in [0.15, 0.2) is 47.4 Å². The van der Waals surface area contributed by atoms with E-state index in [4.69, 9.17) is 0 Å². The van der Waals surface area contributed by atoms with Crippen molar-refractivity contribution in [3.63, 3.8) is 0 Å². The number of aromatic nitrogens is 1. The molecule has 0 fully saturated rings. The van der Waals surface area contributed by atoms with Crippen molar-refractivity contribution in [3.05, 3.63) is 58.5 Å². The second-order valence-corrected chi connectivity index (χ2v) is 3.52. The van der Waals surface area contributed by atoms with Crippen molar-refractivity contribution >= 4 is 0 Å². The summed E-state index contributed by atoms with van der Waals surface area (Å²) in [6.07, 6.45) is -2.98. The highest BCUT2D eigenvalue weighted by Crippen LogP contribution is 2.31. The number of halogens is 3. The third-order valence-corrected chi connectivity index (χ3v) is 2.31. The Morgan fingerprint density at radius 2 is 1.76 bits per heavy atom. The van der Waals surface area contributed by atoms with Crippen molar-refractivity contribution < 1.29 is 13.2 Å². The van der Waals surface area contributed by atoms with Crippen LogP contribution >= 0.6 is 0 Å². The topological polar surface area (TPSA) is 32.9 Å². The number of benzene rings is 1. The van der Waals surface area contributed by atoms with Gasteiger partial charge in [0.25, 0.3) is 0 Å². The molecule has 2 nitrogen and oxygen atoms in total. The van der Waals surface area contributed by atoms with Crippen molar-refractivity contribution in [2.75, 3.05) is 0 Å². The minimum absolute atomic E-state index is 0.291. The van der Waals surface area contributed by atoms with Crippen molar-refractivity contribution in [1.82, 2.24) is 4.98 Å². The number of H-pyrrole nitrogens is 1. The van der Waals surface area contributed by atoms with E-state index in [9.17, 15) is 18.0 Å². The summed E-state index contributed by atoms with van der Waals surface area (Å²) in [7, 11) is 0. The van der Waals surface area contributed by atoms with Crippen LogP contribution in [0.3, 0.4) is 0 Å². The maximum atomic E-state index is 12.5. The SMILES string of the molecule is O=c1ccc(-c2cccc(C(F)(F)F)c2)c[nH]1. The molecule has 5 heteroatoms. The first-order valence-corrected chi connectivity index (χ1v) is 4.83. The summed E-state index contributed by atoms with van der Waals surface area (Å²) in [5, 5.41) is 0. The molecule has 0 bridgehead atoms. The molecule has 0 spiro atoms. The zero-order valence-corrected chi connectivity index (χ0v) is 8.58. The summed E-state index contributed by atoms with van der Waals surface area (Å²) < 4.78 is 37.5. The molecular weight excluding hydrogens is 231 g/mol. The summed E-state index contributed by atoms with van der Waals surface area (Å²) in [6, 6.07) is 7.71. The molecule has 0 saturated carbocycles. The number of alkyl halides is 3. The third kappa shape index (κ3) is 2.55. The highest BCUT2D eigenvalue weighted by atomic mass is 19.4. The lowest BCUT2D eigenvalue weighted by Crippen LogP contribution is -2.05. The van der Waals surface area contributed by atoms with Gasteiger partial charge in [-0.15, -0.1) is 0 Å². The molecule has 1 aromatic carbocycles. The van der Waals surface area contributed by atoms with Gasteiger partial charge >= 0.3 is 6.18 Å². The fraction of sp³-hybridized carbons (Fsp3) is 0.0833. The van der Waals surface area contributed by atoms with Gasteiger partial charge in [-0.1, -0.05) is 12.1 Å². The summed E-state index contributed by atoms with van der Waals surface area (Å²) >= 11 is 0. The first-order chi connectivity index (χ1) is 7.97. The van der Waals surface area contributed by atoms with Crippen LogP contribution in [0.5, 0.6) is 0 Å². The van der Waals surface area contributed by atoms with Gasteiger partial charge in [-0.2, -0.15) is 13.2 Å². The number of aromatic amines is 1. The molecule has 1 N–H and O–H groups in total. The first-order valence-electron chi connectivity index (χ1n) is 4.83. The van der Waals surface area contributed by atoms with Gasteiger partial charge in [0.1, 0.15) is 0 Å². The molecular formula is C12H8F3NO. The second-order valence-electron chi connectivity index (χ2n) is 3.52. The van der Waals surface area contributed by atoms with Gasteiger partial charge < -0.3 is 4.98 Å². The van der Waals surface area contributed by atoms with E-state index >= 15 is 0 Å². The number of hydrogen-bond donors (Lipinski definition) is 1. The third-order valence-electron chi connectivity index (χ3n) is 2.31. The molecule has 2 aromatic rings. The zero-order chi connectivity index (χ0) is 12.5. The van der Waals surface area contributed by atoms with Crippen LogP contribution in [-0.4, -0.2) is 4.98 Å². The Hall–Kier alpha value is -2.04. The van der Waals surface area contributed by atoms with Gasteiger partial charge in [0.2, 0.25) is 5.56 Å². The summed E-state index contributed by atoms with van der Waals surface area (Å²) in [4.78, 5) is 13.3. The highest BCUT2D eigenvalue weighted by molar-refractivity contribution is 5.63. The summed E-state index contributed by atoms with van der Waals surface area (Å²) in [5.74, 6) is 0. The van der Waals surface area contributed by atoms with E-state index in [0.29, 0.717) is 11.1 Å². The van der Waals surface area contributed by atoms with Crippen LogP contribution in [0.4, 0.5) is 13.2 Å². The van der Waals surface area contributed by atoms with Crippen molar-refractivity contribution in [3.8, 4) is 11.1 Å². The van der Waals surface area contributed by atoms with Gasteiger partial charge in [-0.05, 0) is 29.3 Å². The lowest BCUT2D eigenvalue weighted by molar-refractivity contribution is -0.137. The Morgan fingerprint density at radius 3 is 2.35 bits per heavy atom. The molecule has 17 heavy (non-hydrogen) atoms. The average molecular weight is 239 g/mol. The summed E-state index contributed by atoms with van der Waals surface area (Å²) in [6.45, 7) is 0. The quantitative estimate of drug-likeness (QED) is 0.815. The minimum Gasteiger partial charge on any atom is -0.328 e. The van der Waals surface area contributed by atoms with Crippen LogP contribution < -0.4 is 5.56 Å². The van der Waals surface area contributed by atoms with E-state index in [1.807, 2.05) is 0 Å². The second kappa shape index (κ2) is 4.08. The molecule has 0 atom stereocenters. The molecule has 0 aliphatic carbocycles. The smallest absolute Gasteiger partial charge is 0.328 e. The van der Waals surface area contributed by atoms with E-state index in [1.165, 1.54) is 24.4 Å². The Kier molecular flexibility index (Phi) is 2.75. The Bertz CT molecular complexity index is 566. The lowest BCUT2D eigenvalue weighted by Gasteiger charge is -2.08. The fourth-order valence-electron chi connectivity index (χ4n) is 1.47. The zero-order valence-electron chi connectivity index (χ0n) is 8.58. The van der Waals surface area contributed by atoms with Crippen LogP contribution in [0.25, 0.3) is 11.1 Å². The molecule has 88 valence electrons. The van der Waals surface area contributed by atoms with Gasteiger partial charge in [-0.25, -0.2) is 0 Å². The van der Waals surface area contributed by atoms with E-state index in [0.717, 1.165) is 12.1 Å². The van der Waals surface area contributed by atoms with Gasteiger partial charge in [0, 0.05) is 12.3 Å². The molecule has 1 aromatic heterocycles. The van der Waals surface area contributed by atoms with Gasteiger partial charge in [0.05, 0.1) is 5.56 Å². The van der Waals surface area contributed by atoms with Crippen LogP contribution in [0.1, 0.15) is 5.56 Å². The van der Waals surface area contributed by atoms with E-state index in [2.05, 4.69) is 4.98 Å². The maximum Gasteiger partial charge on any atom is 0.416 e.